The van der Waals surface area contributed by atoms with Crippen molar-refractivity contribution in [2.24, 2.45) is 5.92 Å². The predicted molar refractivity (Wildman–Crippen MR) is 174 cm³/mol. The van der Waals surface area contributed by atoms with E-state index in [1.54, 1.807) is 18.2 Å². The summed E-state index contributed by atoms with van der Waals surface area (Å²) in [7, 11) is 0. The summed E-state index contributed by atoms with van der Waals surface area (Å²) >= 11 is 0. The van der Waals surface area contributed by atoms with Gasteiger partial charge in [-0.25, -0.2) is 9.59 Å². The van der Waals surface area contributed by atoms with Gasteiger partial charge in [0.1, 0.15) is 34.7 Å². The van der Waals surface area contributed by atoms with Crippen molar-refractivity contribution in [1.29, 1.82) is 0 Å². The highest BCUT2D eigenvalue weighted by molar-refractivity contribution is 6.13. The Labute approximate surface area is 273 Å². The number of carbonyl (C=O) groups is 4. The molecule has 0 saturated heterocycles. The summed E-state index contributed by atoms with van der Waals surface area (Å²) < 4.78 is 16.1. The van der Waals surface area contributed by atoms with E-state index in [0.29, 0.717) is 16.7 Å². The predicted octanol–water partition coefficient (Wildman–Crippen LogP) is 6.03. The van der Waals surface area contributed by atoms with Gasteiger partial charge in [-0.3, -0.25) is 19.7 Å². The van der Waals surface area contributed by atoms with Crippen molar-refractivity contribution < 1.29 is 43.1 Å². The number of para-hydroxylation sites is 2. The van der Waals surface area contributed by atoms with E-state index in [4.69, 9.17) is 13.9 Å². The highest BCUT2D eigenvalue weighted by atomic mass is 16.7. The van der Waals surface area contributed by atoms with Gasteiger partial charge in [0.2, 0.25) is 5.91 Å². The average Bonchev–Trinajstić information content (AvgIpc) is 3.44. The second-order valence-corrected chi connectivity index (χ2v) is 11.4. The van der Waals surface area contributed by atoms with Crippen LogP contribution < -0.4 is 20.1 Å². The number of aliphatic carboxylic acids is 1. The van der Waals surface area contributed by atoms with Crippen molar-refractivity contribution >= 4 is 51.6 Å². The van der Waals surface area contributed by atoms with Crippen molar-refractivity contribution in [1.82, 2.24) is 10.6 Å². The fraction of sp³-hybridized carbons (Fsp3) is 0.200. The van der Waals surface area contributed by atoms with E-state index >= 15 is 0 Å². The minimum atomic E-state index is -1.33. The van der Waals surface area contributed by atoms with Crippen molar-refractivity contribution in [3.63, 3.8) is 0 Å². The summed E-state index contributed by atoms with van der Waals surface area (Å²) in [6.45, 7) is 3.76. The van der Waals surface area contributed by atoms with Crippen molar-refractivity contribution in [2.75, 3.05) is 0 Å². The fourth-order valence-electron chi connectivity index (χ4n) is 5.12. The van der Waals surface area contributed by atoms with Crippen molar-refractivity contribution in [2.45, 2.75) is 38.8 Å². The molecule has 0 aliphatic heterocycles. The minimum Gasteiger partial charge on any atom is -0.480 e. The molecule has 5 aromatic rings. The second kappa shape index (κ2) is 14.5. The van der Waals surface area contributed by atoms with Gasteiger partial charge in [0.15, 0.2) is 0 Å². The number of non-ortho nitro benzene ring substituents is 1. The number of carbonyl (C=O) groups excluding carboxylic acids is 3. The number of nitro groups is 1. The first-order chi connectivity index (χ1) is 23.0. The average molecular weight is 654 g/mol. The van der Waals surface area contributed by atoms with Gasteiger partial charge in [-0.1, -0.05) is 56.3 Å². The smallest absolute Gasteiger partial charge is 0.480 e. The van der Waals surface area contributed by atoms with E-state index in [-0.39, 0.29) is 41.5 Å². The van der Waals surface area contributed by atoms with Crippen LogP contribution in [0.25, 0.3) is 21.9 Å². The Morgan fingerprint density at radius 1 is 0.812 bits per heavy atom. The molecule has 246 valence electrons. The number of fused-ring (bicyclic) bond motifs is 3. The molecule has 13 nitrogen and oxygen atoms in total. The van der Waals surface area contributed by atoms with Gasteiger partial charge in [-0.2, -0.15) is 0 Å². The van der Waals surface area contributed by atoms with Crippen LogP contribution in [0.15, 0.2) is 95.4 Å². The molecule has 2 amide bonds. The Hall–Kier alpha value is -6.24. The molecule has 0 aliphatic rings. The van der Waals surface area contributed by atoms with Crippen LogP contribution in [0.5, 0.6) is 11.5 Å². The van der Waals surface area contributed by atoms with E-state index in [9.17, 15) is 34.4 Å². The number of nitro benzene ring substituents is 1. The lowest BCUT2D eigenvalue weighted by Crippen LogP contribution is -2.52. The molecule has 2 atom stereocenters. The van der Waals surface area contributed by atoms with Gasteiger partial charge in [-0.15, -0.1) is 0 Å². The quantitative estimate of drug-likeness (QED) is 0.0621. The molecule has 0 saturated carbocycles. The third-order valence-electron chi connectivity index (χ3n) is 7.41. The molecule has 0 fully saturated rings. The molecule has 0 bridgehead atoms. The maximum absolute atomic E-state index is 13.5. The molecular formula is C35H31N3O10. The first kappa shape index (κ1) is 33.1. The lowest BCUT2D eigenvalue weighted by Gasteiger charge is -2.23. The Balaban J connectivity index is 1.22. The van der Waals surface area contributed by atoms with Crippen LogP contribution in [-0.4, -0.2) is 46.1 Å². The topological polar surface area (TPSA) is 187 Å². The summed E-state index contributed by atoms with van der Waals surface area (Å²) in [6, 6.07) is 21.0. The first-order valence-corrected chi connectivity index (χ1v) is 15.0. The van der Waals surface area contributed by atoms with Gasteiger partial charge in [0.05, 0.1) is 10.5 Å². The third-order valence-corrected chi connectivity index (χ3v) is 7.41. The Bertz CT molecular complexity index is 1980. The van der Waals surface area contributed by atoms with Gasteiger partial charge in [0, 0.05) is 29.3 Å². The molecule has 0 spiro atoms. The number of nitrogens with zero attached hydrogens (tertiary/aromatic N) is 1. The Morgan fingerprint density at radius 3 is 2.06 bits per heavy atom. The molecule has 0 unspecified atom stereocenters. The molecule has 0 radical (unpaired) electrons. The molecule has 0 aliphatic carbocycles. The summed E-state index contributed by atoms with van der Waals surface area (Å²) in [5.41, 5.74) is 1.60. The number of ether oxygens (including phenoxy) is 2. The first-order valence-electron chi connectivity index (χ1n) is 15.0. The molecule has 48 heavy (non-hydrogen) atoms. The monoisotopic (exact) mass is 653 g/mol. The number of nitrogens with one attached hydrogen (secondary N) is 2. The van der Waals surface area contributed by atoms with E-state index in [0.717, 1.165) is 10.8 Å². The van der Waals surface area contributed by atoms with Crippen LogP contribution in [0, 0.1) is 16.0 Å². The van der Waals surface area contributed by atoms with E-state index < -0.39 is 40.9 Å². The third kappa shape index (κ3) is 7.94. The number of carboxylic acids is 1. The van der Waals surface area contributed by atoms with Crippen LogP contribution >= 0.6 is 0 Å². The lowest BCUT2D eigenvalue weighted by atomic mass is 10.0. The molecule has 1 heterocycles. The second-order valence-electron chi connectivity index (χ2n) is 11.4. The summed E-state index contributed by atoms with van der Waals surface area (Å²) in [6.07, 6.45) is -0.931. The summed E-state index contributed by atoms with van der Waals surface area (Å²) in [5, 5.41) is 27.6. The van der Waals surface area contributed by atoms with Gasteiger partial charge >= 0.3 is 12.1 Å². The zero-order chi connectivity index (χ0) is 34.4. The van der Waals surface area contributed by atoms with Crippen molar-refractivity contribution in [3.8, 4) is 11.5 Å². The van der Waals surface area contributed by atoms with Gasteiger partial charge in [0.25, 0.3) is 11.6 Å². The zero-order valence-corrected chi connectivity index (χ0v) is 25.9. The number of hydrogen-bond donors (Lipinski definition) is 3. The number of furan rings is 1. The maximum atomic E-state index is 13.5. The number of benzene rings is 4. The molecule has 4 aromatic carbocycles. The van der Waals surface area contributed by atoms with Gasteiger partial charge < -0.3 is 29.6 Å². The maximum Gasteiger partial charge on any atom is 0.519 e. The van der Waals surface area contributed by atoms with E-state index in [2.05, 4.69) is 10.6 Å². The molecule has 3 N–H and O–H groups in total. The zero-order valence-electron chi connectivity index (χ0n) is 25.9. The molecule has 13 heteroatoms. The number of amides is 2. The minimum absolute atomic E-state index is 0.00837. The fourth-order valence-corrected chi connectivity index (χ4v) is 5.12. The lowest BCUT2D eigenvalue weighted by molar-refractivity contribution is -0.384. The Kier molecular flexibility index (Phi) is 9.98. The van der Waals surface area contributed by atoms with Crippen LogP contribution in [0.1, 0.15) is 36.2 Å². The SMILES string of the molecule is CC(C)C[C@H](NC(=O)c1cccc2c1oc1ccccc12)C(=O)N[C@@H](Cc1ccc(OC(=O)Oc2ccc([N+](=O)[O-])cc2)cc1)C(=O)O. The highest BCUT2D eigenvalue weighted by Crippen LogP contribution is 2.31. The molecular weight excluding hydrogens is 622 g/mol. The van der Waals surface area contributed by atoms with E-state index in [1.165, 1.54) is 48.5 Å². The largest absolute Gasteiger partial charge is 0.519 e. The molecule has 1 aromatic heterocycles. The van der Waals surface area contributed by atoms with Gasteiger partial charge in [-0.05, 0) is 54.3 Å². The summed E-state index contributed by atoms with van der Waals surface area (Å²) in [5.74, 6) is -2.34. The number of rotatable bonds is 12. The number of carboxylic acid groups (broad SMARTS) is 1. The van der Waals surface area contributed by atoms with Crippen LogP contribution in [0.3, 0.4) is 0 Å². The Morgan fingerprint density at radius 2 is 1.44 bits per heavy atom. The number of hydrogen-bond acceptors (Lipinski definition) is 9. The van der Waals surface area contributed by atoms with Crippen molar-refractivity contribution in [3.05, 3.63) is 112 Å². The van der Waals surface area contributed by atoms with E-state index in [1.807, 2.05) is 38.1 Å². The highest BCUT2D eigenvalue weighted by Gasteiger charge is 2.29. The molecule has 5 rings (SSSR count). The van der Waals surface area contributed by atoms with Crippen LogP contribution in [-0.2, 0) is 16.0 Å². The summed E-state index contributed by atoms with van der Waals surface area (Å²) in [4.78, 5) is 61.4. The normalized spacial score (nSPS) is 12.3. The van der Waals surface area contributed by atoms with Crippen LogP contribution in [0.2, 0.25) is 0 Å². The van der Waals surface area contributed by atoms with Crippen LogP contribution in [0.4, 0.5) is 10.5 Å². The standard InChI is InChI=1S/C35H31N3O10/c1-20(2)18-28(36-32(39)27-8-5-7-26-25-6-3-4-9-30(25)48-31(26)27)33(40)37-29(34(41)42)19-21-10-14-23(15-11-21)46-35(43)47-24-16-12-22(13-17-24)38(44)45/h3-17,20,28-29H,18-19H2,1-2H3,(H,36,39)(H,37,40)(H,41,42)/t28-,29-/m0/s1.